The Kier molecular flexibility index (Phi) is 4.18. The lowest BCUT2D eigenvalue weighted by Crippen LogP contribution is -2.24. The molecule has 1 aromatic heterocycles. The average molecular weight is 259 g/mol. The SMILES string of the molecule is CCCNC(=O)c1cnc(-c2cccc(F)c2)nc1. The lowest BCUT2D eigenvalue weighted by Gasteiger charge is -2.04. The molecule has 0 atom stereocenters. The topological polar surface area (TPSA) is 54.9 Å². The fourth-order valence-corrected chi connectivity index (χ4v) is 1.56. The van der Waals surface area contributed by atoms with Crippen molar-refractivity contribution < 1.29 is 9.18 Å². The van der Waals surface area contributed by atoms with Gasteiger partial charge in [-0.2, -0.15) is 0 Å². The second-order valence-electron chi connectivity index (χ2n) is 4.06. The van der Waals surface area contributed by atoms with Gasteiger partial charge >= 0.3 is 0 Å². The van der Waals surface area contributed by atoms with Gasteiger partial charge in [-0.25, -0.2) is 14.4 Å². The molecule has 4 nitrogen and oxygen atoms in total. The highest BCUT2D eigenvalue weighted by atomic mass is 19.1. The van der Waals surface area contributed by atoms with E-state index in [9.17, 15) is 9.18 Å². The van der Waals surface area contributed by atoms with Gasteiger partial charge in [0.25, 0.3) is 5.91 Å². The van der Waals surface area contributed by atoms with Gasteiger partial charge < -0.3 is 5.32 Å². The van der Waals surface area contributed by atoms with E-state index in [1.165, 1.54) is 24.5 Å². The van der Waals surface area contributed by atoms with Crippen LogP contribution >= 0.6 is 0 Å². The molecule has 1 N–H and O–H groups in total. The van der Waals surface area contributed by atoms with E-state index in [1.807, 2.05) is 6.92 Å². The molecule has 1 amide bonds. The van der Waals surface area contributed by atoms with E-state index < -0.39 is 0 Å². The molecule has 2 rings (SSSR count). The molecule has 2 aromatic rings. The molecular weight excluding hydrogens is 245 g/mol. The normalized spacial score (nSPS) is 10.2. The van der Waals surface area contributed by atoms with Crippen molar-refractivity contribution in [2.75, 3.05) is 6.54 Å². The number of nitrogens with zero attached hydrogens (tertiary/aromatic N) is 2. The summed E-state index contributed by atoms with van der Waals surface area (Å²) >= 11 is 0. The maximum atomic E-state index is 13.1. The number of carbonyl (C=O) groups is 1. The van der Waals surface area contributed by atoms with E-state index in [0.717, 1.165) is 6.42 Å². The molecular formula is C14H14FN3O. The third kappa shape index (κ3) is 3.34. The Morgan fingerprint density at radius 1 is 1.32 bits per heavy atom. The Morgan fingerprint density at radius 3 is 2.68 bits per heavy atom. The number of hydrogen-bond donors (Lipinski definition) is 1. The lowest BCUT2D eigenvalue weighted by molar-refractivity contribution is 0.0953. The van der Waals surface area contributed by atoms with E-state index in [1.54, 1.807) is 12.1 Å². The van der Waals surface area contributed by atoms with Gasteiger partial charge in [0.05, 0.1) is 5.56 Å². The number of rotatable bonds is 4. The maximum absolute atomic E-state index is 13.1. The van der Waals surface area contributed by atoms with Crippen molar-refractivity contribution in [2.24, 2.45) is 0 Å². The molecule has 0 aliphatic rings. The van der Waals surface area contributed by atoms with E-state index in [-0.39, 0.29) is 11.7 Å². The smallest absolute Gasteiger partial charge is 0.254 e. The highest BCUT2D eigenvalue weighted by molar-refractivity contribution is 5.93. The fourth-order valence-electron chi connectivity index (χ4n) is 1.56. The van der Waals surface area contributed by atoms with Gasteiger partial charge in [0.2, 0.25) is 0 Å². The predicted octanol–water partition coefficient (Wildman–Crippen LogP) is 2.42. The summed E-state index contributed by atoms with van der Waals surface area (Å²) in [5.41, 5.74) is 0.981. The summed E-state index contributed by atoms with van der Waals surface area (Å²) in [6.45, 7) is 2.59. The Balaban J connectivity index is 2.16. The van der Waals surface area contributed by atoms with E-state index >= 15 is 0 Å². The molecule has 0 aliphatic carbocycles. The molecule has 0 bridgehead atoms. The summed E-state index contributed by atoms with van der Waals surface area (Å²) in [6.07, 6.45) is 3.75. The van der Waals surface area contributed by atoms with Crippen LogP contribution in [0.1, 0.15) is 23.7 Å². The largest absolute Gasteiger partial charge is 0.352 e. The molecule has 0 fully saturated rings. The van der Waals surface area contributed by atoms with E-state index in [2.05, 4.69) is 15.3 Å². The summed E-state index contributed by atoms with van der Waals surface area (Å²) in [7, 11) is 0. The van der Waals surface area contributed by atoms with Crippen LogP contribution < -0.4 is 5.32 Å². The number of benzene rings is 1. The highest BCUT2D eigenvalue weighted by Crippen LogP contribution is 2.15. The van der Waals surface area contributed by atoms with E-state index in [0.29, 0.717) is 23.5 Å². The van der Waals surface area contributed by atoms with Gasteiger partial charge in [-0.1, -0.05) is 19.1 Å². The first-order chi connectivity index (χ1) is 9.20. The van der Waals surface area contributed by atoms with Crippen molar-refractivity contribution in [3.8, 4) is 11.4 Å². The molecule has 19 heavy (non-hydrogen) atoms. The number of halogens is 1. The van der Waals surface area contributed by atoms with Gasteiger partial charge in [0.15, 0.2) is 5.82 Å². The van der Waals surface area contributed by atoms with Crippen molar-refractivity contribution in [3.05, 3.63) is 48.0 Å². The van der Waals surface area contributed by atoms with Crippen molar-refractivity contribution in [2.45, 2.75) is 13.3 Å². The maximum Gasteiger partial charge on any atom is 0.254 e. The molecule has 98 valence electrons. The molecule has 0 radical (unpaired) electrons. The number of amides is 1. The van der Waals surface area contributed by atoms with Gasteiger partial charge in [-0.05, 0) is 18.6 Å². The first-order valence-electron chi connectivity index (χ1n) is 6.07. The molecule has 0 unspecified atom stereocenters. The van der Waals surface area contributed by atoms with E-state index in [4.69, 9.17) is 0 Å². The molecule has 1 aromatic carbocycles. The Bertz CT molecular complexity index is 569. The zero-order valence-corrected chi connectivity index (χ0v) is 10.6. The monoisotopic (exact) mass is 259 g/mol. The first-order valence-corrected chi connectivity index (χ1v) is 6.07. The molecule has 1 heterocycles. The van der Waals surface area contributed by atoms with Crippen LogP contribution in [0.4, 0.5) is 4.39 Å². The molecule has 0 spiro atoms. The number of nitrogens with one attached hydrogen (secondary N) is 1. The quantitative estimate of drug-likeness (QED) is 0.917. The second-order valence-corrected chi connectivity index (χ2v) is 4.06. The first kappa shape index (κ1) is 13.1. The predicted molar refractivity (Wildman–Crippen MR) is 70.1 cm³/mol. The summed E-state index contributed by atoms with van der Waals surface area (Å²) < 4.78 is 13.1. The lowest BCUT2D eigenvalue weighted by atomic mass is 10.2. The third-order valence-electron chi connectivity index (χ3n) is 2.53. The summed E-state index contributed by atoms with van der Waals surface area (Å²) in [5.74, 6) is -0.148. The summed E-state index contributed by atoms with van der Waals surface area (Å²) in [5, 5.41) is 2.74. The van der Waals surface area contributed by atoms with Crippen LogP contribution in [-0.4, -0.2) is 22.4 Å². The van der Waals surface area contributed by atoms with Crippen molar-refractivity contribution in [1.29, 1.82) is 0 Å². The van der Waals surface area contributed by atoms with Gasteiger partial charge in [-0.3, -0.25) is 4.79 Å². The standard InChI is InChI=1S/C14H14FN3O/c1-2-6-16-14(19)11-8-17-13(18-9-11)10-4-3-5-12(15)7-10/h3-5,7-9H,2,6H2,1H3,(H,16,19). The van der Waals surface area contributed by atoms with Crippen molar-refractivity contribution >= 4 is 5.91 Å². The zero-order chi connectivity index (χ0) is 13.7. The zero-order valence-electron chi connectivity index (χ0n) is 10.6. The van der Waals surface area contributed by atoms with Gasteiger partial charge in [0, 0.05) is 24.5 Å². The second kappa shape index (κ2) is 6.04. The Morgan fingerprint density at radius 2 is 2.05 bits per heavy atom. The Labute approximate surface area is 110 Å². The number of aromatic nitrogens is 2. The van der Waals surface area contributed by atoms with Crippen LogP contribution in [0.15, 0.2) is 36.7 Å². The molecule has 0 saturated carbocycles. The number of carbonyl (C=O) groups excluding carboxylic acids is 1. The molecule has 0 aliphatic heterocycles. The minimum Gasteiger partial charge on any atom is -0.352 e. The highest BCUT2D eigenvalue weighted by Gasteiger charge is 2.07. The van der Waals surface area contributed by atoms with Crippen molar-refractivity contribution in [3.63, 3.8) is 0 Å². The molecule has 5 heteroatoms. The average Bonchev–Trinajstić information content (AvgIpc) is 2.45. The van der Waals surface area contributed by atoms with Crippen LogP contribution in [-0.2, 0) is 0 Å². The van der Waals surface area contributed by atoms with Crippen LogP contribution in [0.2, 0.25) is 0 Å². The van der Waals surface area contributed by atoms with Gasteiger partial charge in [-0.15, -0.1) is 0 Å². The van der Waals surface area contributed by atoms with Crippen LogP contribution in [0.25, 0.3) is 11.4 Å². The Hall–Kier alpha value is -2.30. The minimum atomic E-state index is -0.342. The van der Waals surface area contributed by atoms with Crippen LogP contribution in [0, 0.1) is 5.82 Å². The van der Waals surface area contributed by atoms with Gasteiger partial charge in [0.1, 0.15) is 5.82 Å². The summed E-state index contributed by atoms with van der Waals surface area (Å²) in [6, 6.07) is 6.02. The third-order valence-corrected chi connectivity index (χ3v) is 2.53. The number of hydrogen-bond acceptors (Lipinski definition) is 3. The fraction of sp³-hybridized carbons (Fsp3) is 0.214. The van der Waals surface area contributed by atoms with Crippen molar-refractivity contribution in [1.82, 2.24) is 15.3 Å². The minimum absolute atomic E-state index is 0.201. The summed E-state index contributed by atoms with van der Waals surface area (Å²) in [4.78, 5) is 19.8. The molecule has 0 saturated heterocycles. The van der Waals surface area contributed by atoms with Crippen LogP contribution in [0.5, 0.6) is 0 Å². The van der Waals surface area contributed by atoms with Crippen LogP contribution in [0.3, 0.4) is 0 Å².